The monoisotopic (exact) mass is 426 g/mol. The summed E-state index contributed by atoms with van der Waals surface area (Å²) in [5.74, 6) is 0.839. The van der Waals surface area contributed by atoms with Crippen LogP contribution in [0, 0.1) is 5.92 Å². The Labute approximate surface area is 182 Å². The minimum absolute atomic E-state index is 0.0938. The summed E-state index contributed by atoms with van der Waals surface area (Å²) in [7, 11) is -0.404. The smallest absolute Gasteiger partial charge is 0.00945 e. The average Bonchev–Trinajstić information content (AvgIpc) is 3.11. The molecular weight excluding hydrogens is 386 g/mol. The van der Waals surface area contributed by atoms with Crippen LogP contribution in [-0.2, 0) is 0 Å². The molecule has 0 N–H and O–H groups in total. The lowest BCUT2D eigenvalue weighted by molar-refractivity contribution is 0.527. The molecule has 0 radical (unpaired) electrons. The first kappa shape index (κ1) is 23.0. The third kappa shape index (κ3) is 5.32. The van der Waals surface area contributed by atoms with Gasteiger partial charge in [0.25, 0.3) is 0 Å². The number of hydrogen-bond acceptors (Lipinski definition) is 0. The maximum Gasteiger partial charge on any atom is -0.00945 e. The van der Waals surface area contributed by atoms with Gasteiger partial charge in [0.1, 0.15) is 0 Å². The van der Waals surface area contributed by atoms with Gasteiger partial charge in [-0.1, -0.05) is 123 Å². The van der Waals surface area contributed by atoms with Gasteiger partial charge in [-0.25, -0.2) is 0 Å². The molecule has 0 heterocycles. The quantitative estimate of drug-likeness (QED) is 0.429. The maximum atomic E-state index is 2.61. The summed E-state index contributed by atoms with van der Waals surface area (Å²) in [6, 6.07) is 22.8. The Balaban J connectivity index is 2.00. The van der Waals surface area contributed by atoms with Crippen LogP contribution in [0.2, 0.25) is 0 Å². The molecule has 158 valence electrons. The number of hydrogen-bond donors (Lipinski definition) is 0. The molecule has 0 bridgehead atoms. The van der Waals surface area contributed by atoms with Gasteiger partial charge in [-0.3, -0.25) is 0 Å². The van der Waals surface area contributed by atoms with Crippen LogP contribution in [0.1, 0.15) is 67.7 Å². The maximum absolute atomic E-state index is 2.61. The molecular formula is C27H40P2. The second-order valence-corrected chi connectivity index (χ2v) is 17.3. The molecule has 2 aromatic rings. The van der Waals surface area contributed by atoms with E-state index in [0.29, 0.717) is 10.3 Å². The fourth-order valence-corrected chi connectivity index (χ4v) is 14.6. The van der Waals surface area contributed by atoms with E-state index >= 15 is 0 Å². The molecule has 1 saturated carbocycles. The number of benzene rings is 2. The van der Waals surface area contributed by atoms with Crippen LogP contribution in [0.15, 0.2) is 60.7 Å². The summed E-state index contributed by atoms with van der Waals surface area (Å²) in [4.78, 5) is 0. The van der Waals surface area contributed by atoms with Crippen LogP contribution >= 0.6 is 15.8 Å². The summed E-state index contributed by atoms with van der Waals surface area (Å²) in [5.41, 5.74) is 1.61. The Kier molecular flexibility index (Phi) is 7.29. The zero-order chi connectivity index (χ0) is 21.2. The van der Waals surface area contributed by atoms with Gasteiger partial charge in [-0.2, -0.15) is 0 Å². The predicted molar refractivity (Wildman–Crippen MR) is 136 cm³/mol. The summed E-state index contributed by atoms with van der Waals surface area (Å²) >= 11 is 0. The van der Waals surface area contributed by atoms with Crippen molar-refractivity contribution in [2.75, 3.05) is 0 Å². The first-order chi connectivity index (χ1) is 13.6. The zero-order valence-corrected chi connectivity index (χ0v) is 21.3. The van der Waals surface area contributed by atoms with E-state index in [4.69, 9.17) is 0 Å². The Morgan fingerprint density at radius 3 is 1.59 bits per heavy atom. The van der Waals surface area contributed by atoms with Crippen LogP contribution in [0.25, 0.3) is 0 Å². The molecule has 3 rings (SSSR count). The second kappa shape index (κ2) is 9.20. The van der Waals surface area contributed by atoms with E-state index in [1.165, 1.54) is 19.3 Å². The van der Waals surface area contributed by atoms with Crippen LogP contribution in [0.4, 0.5) is 0 Å². The van der Waals surface area contributed by atoms with E-state index in [1.807, 2.05) is 0 Å². The highest BCUT2D eigenvalue weighted by molar-refractivity contribution is 7.73. The third-order valence-electron chi connectivity index (χ3n) is 6.40. The normalized spacial score (nSPS) is 21.7. The van der Waals surface area contributed by atoms with Crippen molar-refractivity contribution in [1.82, 2.24) is 0 Å². The lowest BCUT2D eigenvalue weighted by atomic mass is 10.0. The lowest BCUT2D eigenvalue weighted by Gasteiger charge is -2.49. The lowest BCUT2D eigenvalue weighted by Crippen LogP contribution is -2.37. The summed E-state index contributed by atoms with van der Waals surface area (Å²) in [6.45, 7) is 17.5. The standard InChI is InChI=1S/C27H40P2/c1-21(29(26(2,3)4)27(5,6)7)24-19-14-20-25(24)28(22-15-10-8-11-16-22)23-17-12-9-13-18-23/h8-13,15-18,21,24-25H,14,19-20H2,1-7H3. The fraction of sp³-hybridized carbons (Fsp3) is 0.556. The van der Waals surface area contributed by atoms with Gasteiger partial charge < -0.3 is 0 Å². The van der Waals surface area contributed by atoms with Gasteiger partial charge in [-0.05, 0) is 58.9 Å². The molecule has 1 aliphatic carbocycles. The first-order valence-electron chi connectivity index (χ1n) is 11.3. The highest BCUT2D eigenvalue weighted by atomic mass is 31.1. The predicted octanol–water partition coefficient (Wildman–Crippen LogP) is 7.76. The van der Waals surface area contributed by atoms with Gasteiger partial charge in [0.15, 0.2) is 0 Å². The molecule has 2 heteroatoms. The SMILES string of the molecule is CC(C1CCCC1P(c1ccccc1)c1ccccc1)P(C(C)(C)C)C(C)(C)C. The van der Waals surface area contributed by atoms with Crippen LogP contribution in [-0.4, -0.2) is 21.6 Å². The summed E-state index contributed by atoms with van der Waals surface area (Å²) in [6.07, 6.45) is 4.20. The minimum Gasteiger partial charge on any atom is -0.0924 e. The van der Waals surface area contributed by atoms with Gasteiger partial charge in [0, 0.05) is 0 Å². The topological polar surface area (TPSA) is 0 Å². The zero-order valence-electron chi connectivity index (χ0n) is 19.5. The highest BCUT2D eigenvalue weighted by Gasteiger charge is 2.46. The van der Waals surface area contributed by atoms with Gasteiger partial charge in [-0.15, -0.1) is 0 Å². The number of rotatable bonds is 5. The molecule has 29 heavy (non-hydrogen) atoms. The van der Waals surface area contributed by atoms with E-state index in [2.05, 4.69) is 109 Å². The van der Waals surface area contributed by atoms with Gasteiger partial charge in [0.05, 0.1) is 0 Å². The molecule has 0 aliphatic heterocycles. The fourth-order valence-electron chi connectivity index (χ4n) is 5.98. The van der Waals surface area contributed by atoms with E-state index in [1.54, 1.807) is 10.6 Å². The van der Waals surface area contributed by atoms with Crippen molar-refractivity contribution in [3.63, 3.8) is 0 Å². The average molecular weight is 427 g/mol. The molecule has 2 aromatic carbocycles. The van der Waals surface area contributed by atoms with Gasteiger partial charge in [0.2, 0.25) is 0 Å². The Hall–Kier alpha value is -0.700. The van der Waals surface area contributed by atoms with Crippen molar-refractivity contribution in [2.24, 2.45) is 5.92 Å². The Morgan fingerprint density at radius 1 is 0.724 bits per heavy atom. The van der Waals surface area contributed by atoms with E-state index in [9.17, 15) is 0 Å². The van der Waals surface area contributed by atoms with Crippen molar-refractivity contribution in [3.8, 4) is 0 Å². The second-order valence-electron chi connectivity index (χ2n) is 10.7. The van der Waals surface area contributed by atoms with E-state index < -0.39 is 0 Å². The summed E-state index contributed by atoms with van der Waals surface area (Å²) < 4.78 is 0. The molecule has 3 atom stereocenters. The van der Waals surface area contributed by atoms with E-state index in [0.717, 1.165) is 17.2 Å². The molecule has 1 aliphatic rings. The molecule has 0 spiro atoms. The van der Waals surface area contributed by atoms with Crippen LogP contribution < -0.4 is 10.6 Å². The highest BCUT2D eigenvalue weighted by Crippen LogP contribution is 2.67. The van der Waals surface area contributed by atoms with Crippen molar-refractivity contribution >= 4 is 26.5 Å². The van der Waals surface area contributed by atoms with Crippen molar-refractivity contribution < 1.29 is 0 Å². The van der Waals surface area contributed by atoms with Crippen LogP contribution in [0.3, 0.4) is 0 Å². The summed E-state index contributed by atoms with van der Waals surface area (Å²) in [5, 5.41) is 3.91. The third-order valence-corrected chi connectivity index (χ3v) is 13.5. The molecule has 0 amide bonds. The Morgan fingerprint density at radius 2 is 1.17 bits per heavy atom. The molecule has 3 unspecified atom stereocenters. The largest absolute Gasteiger partial charge is 0.0924 e. The first-order valence-corrected chi connectivity index (χ1v) is 14.1. The van der Waals surface area contributed by atoms with E-state index in [-0.39, 0.29) is 15.8 Å². The van der Waals surface area contributed by atoms with Crippen molar-refractivity contribution in [3.05, 3.63) is 60.7 Å². The Bertz CT molecular complexity index is 701. The van der Waals surface area contributed by atoms with Crippen LogP contribution in [0.5, 0.6) is 0 Å². The van der Waals surface area contributed by atoms with Gasteiger partial charge >= 0.3 is 0 Å². The van der Waals surface area contributed by atoms with Crippen molar-refractivity contribution in [2.45, 2.75) is 89.4 Å². The molecule has 0 nitrogen and oxygen atoms in total. The molecule has 1 fully saturated rings. The molecule has 0 aromatic heterocycles. The minimum atomic E-state index is -0.310. The van der Waals surface area contributed by atoms with Crippen molar-refractivity contribution in [1.29, 1.82) is 0 Å². The molecule has 0 saturated heterocycles.